The van der Waals surface area contributed by atoms with Gasteiger partial charge in [-0.2, -0.15) is 5.26 Å². The summed E-state index contributed by atoms with van der Waals surface area (Å²) >= 11 is 0. The average Bonchev–Trinajstić information content (AvgIpc) is 2.81. The zero-order valence-electron chi connectivity index (χ0n) is 9.64. The smallest absolute Gasteiger partial charge is 0.0991 e. The van der Waals surface area contributed by atoms with E-state index in [-0.39, 0.29) is 0 Å². The van der Waals surface area contributed by atoms with Crippen LogP contribution < -0.4 is 5.73 Å². The third-order valence-electron chi connectivity index (χ3n) is 3.01. The molecule has 0 saturated heterocycles. The van der Waals surface area contributed by atoms with Gasteiger partial charge in [0.05, 0.1) is 11.6 Å². The standard InChI is InChI=1S/C15H11N3/c16-8-10-2-1-3-11(6-10)14-9-18-15-7-12(17)4-5-13(14)15/h1-7,9,18H,17H2. The quantitative estimate of drug-likeness (QED) is 0.633. The maximum Gasteiger partial charge on any atom is 0.0991 e. The number of aromatic nitrogens is 1. The van der Waals surface area contributed by atoms with Gasteiger partial charge in [0.2, 0.25) is 0 Å². The second-order valence-electron chi connectivity index (χ2n) is 4.20. The highest BCUT2D eigenvalue weighted by Gasteiger charge is 2.06. The molecule has 0 radical (unpaired) electrons. The van der Waals surface area contributed by atoms with Gasteiger partial charge in [-0.25, -0.2) is 0 Å². The summed E-state index contributed by atoms with van der Waals surface area (Å²) in [5.74, 6) is 0. The molecule has 1 heterocycles. The van der Waals surface area contributed by atoms with Gasteiger partial charge < -0.3 is 10.7 Å². The van der Waals surface area contributed by atoms with Gasteiger partial charge in [-0.05, 0) is 29.8 Å². The van der Waals surface area contributed by atoms with Gasteiger partial charge in [0.1, 0.15) is 0 Å². The van der Waals surface area contributed by atoms with Crippen molar-refractivity contribution >= 4 is 16.6 Å². The van der Waals surface area contributed by atoms with Crippen LogP contribution >= 0.6 is 0 Å². The Hall–Kier alpha value is -2.73. The lowest BCUT2D eigenvalue weighted by Gasteiger charge is -2.00. The molecule has 3 N–H and O–H groups in total. The molecule has 0 unspecified atom stereocenters. The van der Waals surface area contributed by atoms with Crippen LogP contribution in [0, 0.1) is 11.3 Å². The third kappa shape index (κ3) is 1.61. The van der Waals surface area contributed by atoms with Gasteiger partial charge in [0.15, 0.2) is 0 Å². The maximum atomic E-state index is 8.93. The summed E-state index contributed by atoms with van der Waals surface area (Å²) in [4.78, 5) is 3.20. The van der Waals surface area contributed by atoms with Crippen molar-refractivity contribution in [2.75, 3.05) is 5.73 Å². The summed E-state index contributed by atoms with van der Waals surface area (Å²) in [5, 5.41) is 10.0. The highest BCUT2D eigenvalue weighted by molar-refractivity contribution is 5.96. The Bertz CT molecular complexity index is 763. The van der Waals surface area contributed by atoms with Crippen LogP contribution in [0.2, 0.25) is 0 Å². The first-order chi connectivity index (χ1) is 8.78. The van der Waals surface area contributed by atoms with E-state index in [1.165, 1.54) is 0 Å². The minimum Gasteiger partial charge on any atom is -0.399 e. The van der Waals surface area contributed by atoms with Crippen LogP contribution in [-0.2, 0) is 0 Å². The lowest BCUT2D eigenvalue weighted by atomic mass is 10.0. The minimum atomic E-state index is 0.664. The fraction of sp³-hybridized carbons (Fsp3) is 0. The summed E-state index contributed by atoms with van der Waals surface area (Å²) in [6, 6.07) is 15.5. The molecule has 1 aromatic heterocycles. The molecule has 86 valence electrons. The second-order valence-corrected chi connectivity index (χ2v) is 4.20. The molecule has 0 spiro atoms. The van der Waals surface area contributed by atoms with E-state index in [4.69, 9.17) is 11.0 Å². The Balaban J connectivity index is 2.23. The van der Waals surface area contributed by atoms with Crippen LogP contribution in [0.1, 0.15) is 5.56 Å². The number of hydrogen-bond acceptors (Lipinski definition) is 2. The van der Waals surface area contributed by atoms with Crippen molar-refractivity contribution in [3.05, 3.63) is 54.2 Å². The monoisotopic (exact) mass is 233 g/mol. The molecule has 0 amide bonds. The summed E-state index contributed by atoms with van der Waals surface area (Å²) in [7, 11) is 0. The van der Waals surface area contributed by atoms with Crippen LogP contribution in [0.5, 0.6) is 0 Å². The lowest BCUT2D eigenvalue weighted by Crippen LogP contribution is -1.83. The number of nitrogen functional groups attached to an aromatic ring is 1. The van der Waals surface area contributed by atoms with E-state index >= 15 is 0 Å². The van der Waals surface area contributed by atoms with E-state index < -0.39 is 0 Å². The molecule has 3 rings (SSSR count). The van der Waals surface area contributed by atoms with Crippen LogP contribution in [0.25, 0.3) is 22.0 Å². The normalized spacial score (nSPS) is 10.4. The Labute approximate surface area is 104 Å². The number of nitrogens with one attached hydrogen (secondary N) is 1. The van der Waals surface area contributed by atoms with Crippen LogP contribution in [-0.4, -0.2) is 4.98 Å². The Morgan fingerprint density at radius 2 is 2.00 bits per heavy atom. The summed E-state index contributed by atoms with van der Waals surface area (Å²) in [5.41, 5.74) is 10.3. The Morgan fingerprint density at radius 3 is 2.83 bits per heavy atom. The molecular formula is C15H11N3. The van der Waals surface area contributed by atoms with Crippen LogP contribution in [0.3, 0.4) is 0 Å². The Morgan fingerprint density at radius 1 is 1.11 bits per heavy atom. The molecule has 2 aromatic carbocycles. The number of nitrogens with two attached hydrogens (primary N) is 1. The van der Waals surface area contributed by atoms with Crippen molar-refractivity contribution in [3.8, 4) is 17.2 Å². The molecule has 0 bridgehead atoms. The van der Waals surface area contributed by atoms with Gasteiger partial charge in [0.25, 0.3) is 0 Å². The van der Waals surface area contributed by atoms with E-state index in [0.29, 0.717) is 5.56 Å². The first-order valence-electron chi connectivity index (χ1n) is 5.65. The van der Waals surface area contributed by atoms with Gasteiger partial charge >= 0.3 is 0 Å². The largest absolute Gasteiger partial charge is 0.399 e. The number of nitriles is 1. The van der Waals surface area contributed by atoms with Gasteiger partial charge in [-0.3, -0.25) is 0 Å². The molecule has 0 fully saturated rings. The summed E-state index contributed by atoms with van der Waals surface area (Å²) in [6.45, 7) is 0. The molecule has 0 atom stereocenters. The molecule has 0 aliphatic carbocycles. The molecular weight excluding hydrogens is 222 g/mol. The first-order valence-corrected chi connectivity index (χ1v) is 5.65. The lowest BCUT2D eigenvalue weighted by molar-refractivity contribution is 1.46. The number of benzene rings is 2. The molecule has 3 nitrogen and oxygen atoms in total. The maximum absolute atomic E-state index is 8.93. The summed E-state index contributed by atoms with van der Waals surface area (Å²) in [6.07, 6.45) is 1.95. The minimum absolute atomic E-state index is 0.664. The van der Waals surface area contributed by atoms with E-state index in [9.17, 15) is 0 Å². The number of aromatic amines is 1. The molecule has 0 saturated carbocycles. The topological polar surface area (TPSA) is 65.6 Å². The van der Waals surface area contributed by atoms with Crippen molar-refractivity contribution in [1.82, 2.24) is 4.98 Å². The molecule has 0 aliphatic rings. The number of hydrogen-bond donors (Lipinski definition) is 2. The Kier molecular flexibility index (Phi) is 2.28. The zero-order valence-corrected chi connectivity index (χ0v) is 9.64. The zero-order chi connectivity index (χ0) is 12.5. The second kappa shape index (κ2) is 3.94. The van der Waals surface area contributed by atoms with Crippen LogP contribution in [0.15, 0.2) is 48.7 Å². The predicted octanol–water partition coefficient (Wildman–Crippen LogP) is 3.29. The van der Waals surface area contributed by atoms with E-state index in [1.807, 2.05) is 42.6 Å². The molecule has 0 aliphatic heterocycles. The molecule has 3 heteroatoms. The number of rotatable bonds is 1. The number of anilines is 1. The predicted molar refractivity (Wildman–Crippen MR) is 72.9 cm³/mol. The summed E-state index contributed by atoms with van der Waals surface area (Å²) < 4.78 is 0. The average molecular weight is 233 g/mol. The van der Waals surface area contributed by atoms with Gasteiger partial charge in [0, 0.05) is 28.4 Å². The number of H-pyrrole nitrogens is 1. The highest BCUT2D eigenvalue weighted by atomic mass is 14.7. The third-order valence-corrected chi connectivity index (χ3v) is 3.01. The van der Waals surface area contributed by atoms with Gasteiger partial charge in [-0.1, -0.05) is 18.2 Å². The van der Waals surface area contributed by atoms with Gasteiger partial charge in [-0.15, -0.1) is 0 Å². The fourth-order valence-corrected chi connectivity index (χ4v) is 2.14. The number of nitrogens with zero attached hydrogens (tertiary/aromatic N) is 1. The number of fused-ring (bicyclic) bond motifs is 1. The molecule has 18 heavy (non-hydrogen) atoms. The van der Waals surface area contributed by atoms with Crippen LogP contribution in [0.4, 0.5) is 5.69 Å². The molecule has 3 aromatic rings. The van der Waals surface area contributed by atoms with Crippen molar-refractivity contribution in [1.29, 1.82) is 5.26 Å². The van der Waals surface area contributed by atoms with Crippen molar-refractivity contribution in [3.63, 3.8) is 0 Å². The first kappa shape index (κ1) is 10.4. The van der Waals surface area contributed by atoms with E-state index in [2.05, 4.69) is 11.1 Å². The van der Waals surface area contributed by atoms with E-state index in [1.54, 1.807) is 6.07 Å². The van der Waals surface area contributed by atoms with Crippen molar-refractivity contribution in [2.24, 2.45) is 0 Å². The SMILES string of the molecule is N#Cc1cccc(-c2c[nH]c3cc(N)ccc23)c1. The highest BCUT2D eigenvalue weighted by Crippen LogP contribution is 2.29. The van der Waals surface area contributed by atoms with Crippen molar-refractivity contribution in [2.45, 2.75) is 0 Å². The van der Waals surface area contributed by atoms with Crippen molar-refractivity contribution < 1.29 is 0 Å². The fourth-order valence-electron chi connectivity index (χ4n) is 2.14. The van der Waals surface area contributed by atoms with E-state index in [0.717, 1.165) is 27.7 Å².